The minimum absolute atomic E-state index is 0.0965. The highest BCUT2D eigenvalue weighted by Gasteiger charge is 2.06. The lowest BCUT2D eigenvalue weighted by Crippen LogP contribution is -2.25. The SMILES string of the molecule is Nc1ccn(CCOC(=O)c2ccccc2)c(=O)n1. The van der Waals surface area contributed by atoms with E-state index >= 15 is 0 Å². The highest BCUT2D eigenvalue weighted by atomic mass is 16.5. The van der Waals surface area contributed by atoms with Crippen LogP contribution in [0.25, 0.3) is 0 Å². The van der Waals surface area contributed by atoms with Crippen LogP contribution in [0.4, 0.5) is 5.82 Å². The molecule has 0 atom stereocenters. The Kier molecular flexibility index (Phi) is 3.92. The van der Waals surface area contributed by atoms with Gasteiger partial charge in [-0.05, 0) is 18.2 Å². The van der Waals surface area contributed by atoms with E-state index in [1.54, 1.807) is 24.3 Å². The number of hydrogen-bond donors (Lipinski definition) is 1. The van der Waals surface area contributed by atoms with Gasteiger partial charge in [-0.1, -0.05) is 18.2 Å². The number of ether oxygens (including phenoxy) is 1. The molecule has 0 saturated carbocycles. The standard InChI is InChI=1S/C13H13N3O3/c14-11-6-7-16(13(18)15-11)8-9-19-12(17)10-4-2-1-3-5-10/h1-7H,8-9H2,(H2,14,15,18). The van der Waals surface area contributed by atoms with E-state index in [-0.39, 0.29) is 19.0 Å². The summed E-state index contributed by atoms with van der Waals surface area (Å²) in [5.41, 5.74) is 5.39. The predicted molar refractivity (Wildman–Crippen MR) is 69.6 cm³/mol. The molecule has 0 fully saturated rings. The Hall–Kier alpha value is -2.63. The molecule has 2 aromatic rings. The van der Waals surface area contributed by atoms with Gasteiger partial charge in [-0.25, -0.2) is 9.59 Å². The van der Waals surface area contributed by atoms with Gasteiger partial charge in [0.25, 0.3) is 0 Å². The molecular weight excluding hydrogens is 246 g/mol. The minimum atomic E-state index is -0.462. The van der Waals surface area contributed by atoms with Crippen molar-refractivity contribution in [3.8, 4) is 0 Å². The molecule has 19 heavy (non-hydrogen) atoms. The molecule has 0 amide bonds. The first-order valence-electron chi connectivity index (χ1n) is 5.72. The van der Waals surface area contributed by atoms with Crippen LogP contribution in [0, 0.1) is 0 Å². The molecule has 0 aliphatic rings. The summed E-state index contributed by atoms with van der Waals surface area (Å²) in [6, 6.07) is 10.2. The summed E-state index contributed by atoms with van der Waals surface area (Å²) in [4.78, 5) is 26.6. The van der Waals surface area contributed by atoms with E-state index in [0.717, 1.165) is 0 Å². The topological polar surface area (TPSA) is 87.2 Å². The average Bonchev–Trinajstić information content (AvgIpc) is 2.42. The molecular formula is C13H13N3O3. The fourth-order valence-electron chi connectivity index (χ4n) is 1.51. The number of hydrogen-bond acceptors (Lipinski definition) is 5. The van der Waals surface area contributed by atoms with Gasteiger partial charge in [-0.3, -0.25) is 4.57 Å². The third-order valence-electron chi connectivity index (χ3n) is 2.47. The molecule has 1 aromatic heterocycles. The van der Waals surface area contributed by atoms with Crippen molar-refractivity contribution in [1.82, 2.24) is 9.55 Å². The molecule has 6 heteroatoms. The maximum Gasteiger partial charge on any atom is 0.349 e. The van der Waals surface area contributed by atoms with Gasteiger partial charge in [-0.2, -0.15) is 4.98 Å². The van der Waals surface area contributed by atoms with Crippen LogP contribution in [0.15, 0.2) is 47.4 Å². The third-order valence-corrected chi connectivity index (χ3v) is 2.47. The number of carbonyl (C=O) groups is 1. The van der Waals surface area contributed by atoms with Crippen LogP contribution in [0.1, 0.15) is 10.4 Å². The van der Waals surface area contributed by atoms with Crippen LogP contribution in [0.2, 0.25) is 0 Å². The lowest BCUT2D eigenvalue weighted by Gasteiger charge is -2.06. The maximum atomic E-state index is 11.6. The van der Waals surface area contributed by atoms with Gasteiger partial charge in [0.15, 0.2) is 0 Å². The van der Waals surface area contributed by atoms with Gasteiger partial charge in [0.05, 0.1) is 12.1 Å². The smallest absolute Gasteiger partial charge is 0.349 e. The molecule has 0 radical (unpaired) electrons. The molecule has 0 spiro atoms. The molecule has 0 bridgehead atoms. The number of nitrogen functional groups attached to an aromatic ring is 1. The van der Waals surface area contributed by atoms with Gasteiger partial charge < -0.3 is 10.5 Å². The molecule has 0 aliphatic carbocycles. The number of aromatic nitrogens is 2. The summed E-state index contributed by atoms with van der Waals surface area (Å²) in [5, 5.41) is 0. The molecule has 0 aliphatic heterocycles. The molecule has 0 unspecified atom stereocenters. The van der Waals surface area contributed by atoms with E-state index in [4.69, 9.17) is 10.5 Å². The first-order valence-corrected chi connectivity index (χ1v) is 5.72. The molecule has 6 nitrogen and oxygen atoms in total. The number of anilines is 1. The van der Waals surface area contributed by atoms with Crippen molar-refractivity contribution in [2.45, 2.75) is 6.54 Å². The highest BCUT2D eigenvalue weighted by Crippen LogP contribution is 2.01. The van der Waals surface area contributed by atoms with Gasteiger partial charge in [-0.15, -0.1) is 0 Å². The number of benzene rings is 1. The molecule has 1 aromatic carbocycles. The zero-order valence-corrected chi connectivity index (χ0v) is 10.2. The van der Waals surface area contributed by atoms with E-state index in [9.17, 15) is 9.59 Å². The Morgan fingerprint density at radius 1 is 1.26 bits per heavy atom. The fraction of sp³-hybridized carbons (Fsp3) is 0.154. The fourth-order valence-corrected chi connectivity index (χ4v) is 1.51. The first kappa shape index (κ1) is 12.8. The van der Waals surface area contributed by atoms with Crippen LogP contribution in [-0.2, 0) is 11.3 Å². The van der Waals surface area contributed by atoms with Gasteiger partial charge in [0.2, 0.25) is 0 Å². The number of nitrogens with two attached hydrogens (primary N) is 1. The maximum absolute atomic E-state index is 11.6. The summed E-state index contributed by atoms with van der Waals surface area (Å²) in [6.45, 7) is 0.337. The van der Waals surface area contributed by atoms with Crippen molar-refractivity contribution in [3.05, 3.63) is 58.6 Å². The van der Waals surface area contributed by atoms with Crippen LogP contribution in [0.5, 0.6) is 0 Å². The van der Waals surface area contributed by atoms with Crippen molar-refractivity contribution in [2.24, 2.45) is 0 Å². The number of nitrogens with zero attached hydrogens (tertiary/aromatic N) is 2. The Morgan fingerprint density at radius 2 is 2.00 bits per heavy atom. The molecule has 2 N–H and O–H groups in total. The largest absolute Gasteiger partial charge is 0.460 e. The van der Waals surface area contributed by atoms with Crippen molar-refractivity contribution >= 4 is 11.8 Å². The van der Waals surface area contributed by atoms with E-state index in [1.165, 1.54) is 16.8 Å². The Labute approximate surface area is 109 Å². The van der Waals surface area contributed by atoms with E-state index in [0.29, 0.717) is 5.56 Å². The monoisotopic (exact) mass is 259 g/mol. The lowest BCUT2D eigenvalue weighted by atomic mass is 10.2. The normalized spacial score (nSPS) is 10.1. The first-order chi connectivity index (χ1) is 9.16. The summed E-state index contributed by atoms with van der Waals surface area (Å²) in [7, 11) is 0. The van der Waals surface area contributed by atoms with Gasteiger partial charge >= 0.3 is 11.7 Å². The van der Waals surface area contributed by atoms with Gasteiger partial charge in [0, 0.05) is 6.20 Å². The highest BCUT2D eigenvalue weighted by molar-refractivity contribution is 5.89. The second-order valence-electron chi connectivity index (χ2n) is 3.83. The molecule has 0 saturated heterocycles. The number of esters is 1. The third kappa shape index (κ3) is 3.41. The van der Waals surface area contributed by atoms with Crippen LogP contribution >= 0.6 is 0 Å². The number of carbonyl (C=O) groups excluding carboxylic acids is 1. The second kappa shape index (κ2) is 5.81. The summed E-state index contributed by atoms with van der Waals surface area (Å²) in [6.07, 6.45) is 1.51. The zero-order chi connectivity index (χ0) is 13.7. The molecule has 1 heterocycles. The quantitative estimate of drug-likeness (QED) is 0.816. The van der Waals surface area contributed by atoms with Crippen LogP contribution in [0.3, 0.4) is 0 Å². The van der Waals surface area contributed by atoms with Crippen molar-refractivity contribution in [3.63, 3.8) is 0 Å². The van der Waals surface area contributed by atoms with Crippen molar-refractivity contribution < 1.29 is 9.53 Å². The predicted octanol–water partition coefficient (Wildman–Crippen LogP) is 0.683. The van der Waals surface area contributed by atoms with Crippen LogP contribution < -0.4 is 11.4 Å². The Bertz CT molecular complexity index is 623. The molecule has 2 rings (SSSR count). The van der Waals surface area contributed by atoms with Crippen molar-refractivity contribution in [1.29, 1.82) is 0 Å². The average molecular weight is 259 g/mol. The van der Waals surface area contributed by atoms with E-state index in [2.05, 4.69) is 4.98 Å². The lowest BCUT2D eigenvalue weighted by molar-refractivity contribution is 0.0490. The van der Waals surface area contributed by atoms with E-state index < -0.39 is 11.7 Å². The van der Waals surface area contributed by atoms with Gasteiger partial charge in [0.1, 0.15) is 12.4 Å². The summed E-state index contributed by atoms with van der Waals surface area (Å²) in [5.74, 6) is -0.250. The van der Waals surface area contributed by atoms with E-state index in [1.807, 2.05) is 6.07 Å². The zero-order valence-electron chi connectivity index (χ0n) is 10.2. The number of rotatable bonds is 4. The van der Waals surface area contributed by atoms with Crippen molar-refractivity contribution in [2.75, 3.05) is 12.3 Å². The molecule has 98 valence electrons. The minimum Gasteiger partial charge on any atom is -0.460 e. The summed E-state index contributed by atoms with van der Waals surface area (Å²) < 4.78 is 6.39. The van der Waals surface area contributed by atoms with Crippen LogP contribution in [-0.4, -0.2) is 22.1 Å². The Morgan fingerprint density at radius 3 is 2.68 bits per heavy atom. The second-order valence-corrected chi connectivity index (χ2v) is 3.83. The summed E-state index contributed by atoms with van der Waals surface area (Å²) >= 11 is 0. The Balaban J connectivity index is 1.90.